The highest BCUT2D eigenvalue weighted by atomic mass is 32.1. The second-order valence-corrected chi connectivity index (χ2v) is 3.91. The standard InChI is InChI=1S/C8H8N4O2S/c9-6-3-12(8(14)11-7(6)13)2-5-1-10-4-15-5/h1,3-4H,2,9H2,(H,11,13,14). The molecule has 0 saturated heterocycles. The van der Waals surface area contributed by atoms with Crippen molar-refractivity contribution in [1.82, 2.24) is 14.5 Å². The Morgan fingerprint density at radius 3 is 3.00 bits per heavy atom. The summed E-state index contributed by atoms with van der Waals surface area (Å²) < 4.78 is 1.34. The summed E-state index contributed by atoms with van der Waals surface area (Å²) in [5, 5.41) is 0. The van der Waals surface area contributed by atoms with Crippen molar-refractivity contribution >= 4 is 17.0 Å². The number of hydrogen-bond acceptors (Lipinski definition) is 5. The molecule has 0 radical (unpaired) electrons. The summed E-state index contributed by atoms with van der Waals surface area (Å²) >= 11 is 1.43. The Hall–Kier alpha value is -1.89. The first-order valence-corrected chi connectivity index (χ1v) is 5.01. The van der Waals surface area contributed by atoms with Gasteiger partial charge in [0.1, 0.15) is 5.69 Å². The van der Waals surface area contributed by atoms with Crippen LogP contribution in [0.1, 0.15) is 4.88 Å². The summed E-state index contributed by atoms with van der Waals surface area (Å²) in [4.78, 5) is 29.3. The molecule has 15 heavy (non-hydrogen) atoms. The maximum absolute atomic E-state index is 11.4. The highest BCUT2D eigenvalue weighted by Gasteiger charge is 2.02. The van der Waals surface area contributed by atoms with Gasteiger partial charge in [-0.3, -0.25) is 19.3 Å². The third kappa shape index (κ3) is 1.96. The summed E-state index contributed by atoms with van der Waals surface area (Å²) in [5.74, 6) is 0. The first-order chi connectivity index (χ1) is 7.16. The van der Waals surface area contributed by atoms with Crippen molar-refractivity contribution in [1.29, 1.82) is 0 Å². The summed E-state index contributed by atoms with van der Waals surface area (Å²) in [7, 11) is 0. The Morgan fingerprint density at radius 2 is 2.33 bits per heavy atom. The van der Waals surface area contributed by atoms with Gasteiger partial charge < -0.3 is 5.73 Å². The Kier molecular flexibility index (Phi) is 2.38. The molecule has 0 amide bonds. The fourth-order valence-electron chi connectivity index (χ4n) is 1.13. The van der Waals surface area contributed by atoms with Crippen molar-refractivity contribution in [2.24, 2.45) is 0 Å². The van der Waals surface area contributed by atoms with Gasteiger partial charge >= 0.3 is 5.69 Å². The van der Waals surface area contributed by atoms with Crippen LogP contribution in [0.3, 0.4) is 0 Å². The highest BCUT2D eigenvalue weighted by Crippen LogP contribution is 2.06. The Bertz CT molecular complexity index is 569. The van der Waals surface area contributed by atoms with Gasteiger partial charge in [-0.1, -0.05) is 0 Å². The predicted molar refractivity (Wildman–Crippen MR) is 57.0 cm³/mol. The summed E-state index contributed by atoms with van der Waals surface area (Å²) in [5.41, 5.74) is 6.08. The first-order valence-electron chi connectivity index (χ1n) is 4.13. The minimum atomic E-state index is -0.555. The van der Waals surface area contributed by atoms with E-state index in [1.54, 1.807) is 11.7 Å². The lowest BCUT2D eigenvalue weighted by atomic mass is 10.5. The molecule has 0 fully saturated rings. The third-order valence-corrected chi connectivity index (χ3v) is 2.61. The lowest BCUT2D eigenvalue weighted by Gasteiger charge is -2.02. The van der Waals surface area contributed by atoms with Crippen molar-refractivity contribution in [3.63, 3.8) is 0 Å². The van der Waals surface area contributed by atoms with E-state index in [2.05, 4.69) is 9.97 Å². The molecule has 0 aliphatic rings. The minimum absolute atomic E-state index is 0.0270. The molecule has 2 rings (SSSR count). The van der Waals surface area contributed by atoms with Gasteiger partial charge in [-0.2, -0.15) is 0 Å². The molecule has 2 aromatic rings. The number of nitrogens with zero attached hydrogens (tertiary/aromatic N) is 2. The van der Waals surface area contributed by atoms with E-state index in [0.29, 0.717) is 6.54 Å². The topological polar surface area (TPSA) is 93.8 Å². The van der Waals surface area contributed by atoms with Crippen LogP contribution in [0, 0.1) is 0 Å². The molecule has 78 valence electrons. The monoisotopic (exact) mass is 224 g/mol. The Labute approximate surface area is 88.0 Å². The van der Waals surface area contributed by atoms with E-state index in [1.807, 2.05) is 0 Å². The molecule has 2 aromatic heterocycles. The summed E-state index contributed by atoms with van der Waals surface area (Å²) in [6.45, 7) is 0.366. The van der Waals surface area contributed by atoms with E-state index in [0.717, 1.165) is 4.88 Å². The zero-order valence-electron chi connectivity index (χ0n) is 7.64. The smallest absolute Gasteiger partial charge is 0.328 e. The zero-order valence-corrected chi connectivity index (χ0v) is 8.45. The van der Waals surface area contributed by atoms with Gasteiger partial charge in [-0.25, -0.2) is 4.79 Å². The van der Waals surface area contributed by atoms with Crippen molar-refractivity contribution < 1.29 is 0 Å². The van der Waals surface area contributed by atoms with Gasteiger partial charge in [0.2, 0.25) is 0 Å². The predicted octanol–water partition coefficient (Wildman–Crippen LogP) is -0.376. The molecule has 3 N–H and O–H groups in total. The number of nitrogens with two attached hydrogens (primary N) is 1. The fourth-order valence-corrected chi connectivity index (χ4v) is 1.72. The zero-order chi connectivity index (χ0) is 10.8. The average Bonchev–Trinajstić information content (AvgIpc) is 2.67. The van der Waals surface area contributed by atoms with Gasteiger partial charge in [0.05, 0.1) is 12.1 Å². The van der Waals surface area contributed by atoms with Gasteiger partial charge in [-0.05, 0) is 0 Å². The molecule has 0 unspecified atom stereocenters. The van der Waals surface area contributed by atoms with Gasteiger partial charge in [-0.15, -0.1) is 11.3 Å². The lowest BCUT2D eigenvalue weighted by molar-refractivity contribution is 0.731. The SMILES string of the molecule is Nc1cn(Cc2cncs2)c(=O)[nH]c1=O. The van der Waals surface area contributed by atoms with Gasteiger partial charge in [0.15, 0.2) is 0 Å². The van der Waals surface area contributed by atoms with Crippen LogP contribution < -0.4 is 17.0 Å². The fraction of sp³-hybridized carbons (Fsp3) is 0.125. The van der Waals surface area contributed by atoms with Crippen LogP contribution >= 0.6 is 11.3 Å². The molecule has 0 aliphatic carbocycles. The molecule has 2 heterocycles. The van der Waals surface area contributed by atoms with Crippen molar-refractivity contribution in [3.05, 3.63) is 43.6 Å². The quantitative estimate of drug-likeness (QED) is 0.727. The van der Waals surface area contributed by atoms with Gasteiger partial charge in [0, 0.05) is 17.3 Å². The second kappa shape index (κ2) is 3.70. The number of thiazole rings is 1. The Morgan fingerprint density at radius 1 is 1.53 bits per heavy atom. The van der Waals surface area contributed by atoms with Crippen LogP contribution in [0.4, 0.5) is 5.69 Å². The van der Waals surface area contributed by atoms with Crippen LogP contribution in [0.15, 0.2) is 27.5 Å². The van der Waals surface area contributed by atoms with E-state index in [9.17, 15) is 9.59 Å². The van der Waals surface area contributed by atoms with Crippen molar-refractivity contribution in [2.45, 2.75) is 6.54 Å². The Balaban J connectivity index is 2.42. The minimum Gasteiger partial charge on any atom is -0.393 e. The molecular formula is C8H8N4O2S. The maximum Gasteiger partial charge on any atom is 0.328 e. The number of hydrogen-bond donors (Lipinski definition) is 2. The summed E-state index contributed by atoms with van der Waals surface area (Å²) in [6.07, 6.45) is 3.00. The normalized spacial score (nSPS) is 10.4. The third-order valence-electron chi connectivity index (χ3n) is 1.85. The number of nitrogens with one attached hydrogen (secondary N) is 1. The van der Waals surface area contributed by atoms with Gasteiger partial charge in [0.25, 0.3) is 5.56 Å². The van der Waals surface area contributed by atoms with E-state index in [-0.39, 0.29) is 5.69 Å². The first kappa shape index (κ1) is 9.66. The van der Waals surface area contributed by atoms with Crippen LogP contribution in [-0.4, -0.2) is 14.5 Å². The van der Waals surface area contributed by atoms with E-state index >= 15 is 0 Å². The summed E-state index contributed by atoms with van der Waals surface area (Å²) in [6, 6.07) is 0. The molecule has 7 heteroatoms. The molecule has 0 spiro atoms. The number of anilines is 1. The van der Waals surface area contributed by atoms with Crippen LogP contribution in [0.2, 0.25) is 0 Å². The molecule has 6 nitrogen and oxygen atoms in total. The van der Waals surface area contributed by atoms with Crippen LogP contribution in [0.25, 0.3) is 0 Å². The van der Waals surface area contributed by atoms with Crippen LogP contribution in [0.5, 0.6) is 0 Å². The number of nitrogen functional groups attached to an aromatic ring is 1. The second-order valence-electron chi connectivity index (χ2n) is 2.94. The molecule has 0 bridgehead atoms. The van der Waals surface area contributed by atoms with E-state index in [4.69, 9.17) is 5.73 Å². The molecular weight excluding hydrogens is 216 g/mol. The van der Waals surface area contributed by atoms with Crippen molar-refractivity contribution in [2.75, 3.05) is 5.73 Å². The molecule has 0 atom stereocenters. The maximum atomic E-state index is 11.4. The van der Waals surface area contributed by atoms with E-state index in [1.165, 1.54) is 22.1 Å². The lowest BCUT2D eigenvalue weighted by Crippen LogP contribution is -2.31. The molecule has 0 aliphatic heterocycles. The number of aromatic nitrogens is 3. The largest absolute Gasteiger partial charge is 0.393 e. The number of H-pyrrole nitrogens is 1. The van der Waals surface area contributed by atoms with E-state index < -0.39 is 11.2 Å². The average molecular weight is 224 g/mol. The number of aromatic amines is 1. The molecule has 0 saturated carbocycles. The number of rotatable bonds is 2. The van der Waals surface area contributed by atoms with Crippen molar-refractivity contribution in [3.8, 4) is 0 Å². The molecule has 0 aromatic carbocycles. The highest BCUT2D eigenvalue weighted by molar-refractivity contribution is 7.09. The van der Waals surface area contributed by atoms with Crippen LogP contribution in [-0.2, 0) is 6.54 Å².